The molecule has 5 heteroatoms. The third kappa shape index (κ3) is 1.48. The highest BCUT2D eigenvalue weighted by Crippen LogP contribution is 2.26. The molecule has 5 nitrogen and oxygen atoms in total. The molecule has 0 aliphatic rings. The van der Waals surface area contributed by atoms with Crippen molar-refractivity contribution in [1.82, 2.24) is 0 Å². The van der Waals surface area contributed by atoms with Gasteiger partial charge in [0.2, 0.25) is 0 Å². The SMILES string of the molecule is Cc1c[n+]([O-])cc2cccc([N+](=O)[O-])c12. The van der Waals surface area contributed by atoms with Gasteiger partial charge in [0.05, 0.1) is 15.7 Å². The molecule has 0 fully saturated rings. The molecule has 0 radical (unpaired) electrons. The van der Waals surface area contributed by atoms with E-state index in [4.69, 9.17) is 0 Å². The van der Waals surface area contributed by atoms with Crippen LogP contribution in [0.3, 0.4) is 0 Å². The standard InChI is InChI=1S/C10H8N2O3/c1-7-5-11(13)6-8-3-2-4-9(10(7)8)12(14)15/h2-6H,1H3. The van der Waals surface area contributed by atoms with E-state index in [1.165, 1.54) is 18.5 Å². The van der Waals surface area contributed by atoms with Crippen molar-refractivity contribution in [1.29, 1.82) is 0 Å². The fraction of sp³-hybridized carbons (Fsp3) is 0.100. The van der Waals surface area contributed by atoms with Crippen LogP contribution in [0.4, 0.5) is 5.69 Å². The summed E-state index contributed by atoms with van der Waals surface area (Å²) in [6.07, 6.45) is 2.66. The lowest BCUT2D eigenvalue weighted by Crippen LogP contribution is -2.24. The molecule has 0 unspecified atom stereocenters. The Kier molecular flexibility index (Phi) is 2.00. The zero-order valence-corrected chi connectivity index (χ0v) is 8.01. The molecule has 15 heavy (non-hydrogen) atoms. The molecule has 0 aliphatic heterocycles. The summed E-state index contributed by atoms with van der Waals surface area (Å²) in [5.74, 6) is 0. The zero-order chi connectivity index (χ0) is 11.0. The summed E-state index contributed by atoms with van der Waals surface area (Å²) in [5, 5.41) is 23.0. The van der Waals surface area contributed by atoms with E-state index in [2.05, 4.69) is 0 Å². The second kappa shape index (κ2) is 3.20. The number of benzene rings is 1. The lowest BCUT2D eigenvalue weighted by Gasteiger charge is -2.03. The molecule has 0 saturated carbocycles. The first-order valence-corrected chi connectivity index (χ1v) is 4.36. The van der Waals surface area contributed by atoms with Crippen molar-refractivity contribution in [2.45, 2.75) is 6.92 Å². The number of nitro groups is 1. The van der Waals surface area contributed by atoms with Gasteiger partial charge in [-0.05, 0) is 13.0 Å². The van der Waals surface area contributed by atoms with Gasteiger partial charge in [0.15, 0.2) is 12.4 Å². The number of non-ortho nitro benzene ring substituents is 1. The average Bonchev–Trinajstić information content (AvgIpc) is 2.16. The number of fused-ring (bicyclic) bond motifs is 1. The normalized spacial score (nSPS) is 10.5. The Morgan fingerprint density at radius 2 is 2.07 bits per heavy atom. The number of nitro benzene ring substituents is 1. The molecule has 76 valence electrons. The van der Waals surface area contributed by atoms with Crippen molar-refractivity contribution in [3.63, 3.8) is 0 Å². The van der Waals surface area contributed by atoms with E-state index in [1.54, 1.807) is 19.1 Å². The third-order valence-corrected chi connectivity index (χ3v) is 2.25. The summed E-state index contributed by atoms with van der Waals surface area (Å²) in [5.41, 5.74) is 0.639. The fourth-order valence-electron chi connectivity index (χ4n) is 1.68. The number of hydrogen-bond donors (Lipinski definition) is 0. The van der Waals surface area contributed by atoms with Crippen LogP contribution in [0.15, 0.2) is 30.6 Å². The van der Waals surface area contributed by atoms with Crippen LogP contribution >= 0.6 is 0 Å². The van der Waals surface area contributed by atoms with Gasteiger partial charge in [0, 0.05) is 11.6 Å². The number of hydrogen-bond acceptors (Lipinski definition) is 3. The van der Waals surface area contributed by atoms with Crippen LogP contribution in [-0.4, -0.2) is 4.92 Å². The Balaban J connectivity index is 2.91. The minimum Gasteiger partial charge on any atom is -0.619 e. The minimum absolute atomic E-state index is 0.0330. The van der Waals surface area contributed by atoms with Gasteiger partial charge in [-0.3, -0.25) is 10.1 Å². The van der Waals surface area contributed by atoms with Crippen LogP contribution in [0.1, 0.15) is 5.56 Å². The Morgan fingerprint density at radius 1 is 1.33 bits per heavy atom. The minimum atomic E-state index is -0.440. The van der Waals surface area contributed by atoms with Crippen LogP contribution in [0.5, 0.6) is 0 Å². The van der Waals surface area contributed by atoms with Gasteiger partial charge < -0.3 is 5.21 Å². The van der Waals surface area contributed by atoms with Gasteiger partial charge in [-0.1, -0.05) is 6.07 Å². The second-order valence-electron chi connectivity index (χ2n) is 3.30. The number of aromatic nitrogens is 1. The Bertz CT molecular complexity index is 552. The molecular weight excluding hydrogens is 196 g/mol. The predicted molar refractivity (Wildman–Crippen MR) is 54.3 cm³/mol. The second-order valence-corrected chi connectivity index (χ2v) is 3.30. The molecule has 0 saturated heterocycles. The van der Waals surface area contributed by atoms with Gasteiger partial charge in [-0.25, -0.2) is 0 Å². The van der Waals surface area contributed by atoms with E-state index >= 15 is 0 Å². The van der Waals surface area contributed by atoms with Crippen LogP contribution in [0.25, 0.3) is 10.8 Å². The van der Waals surface area contributed by atoms with Crippen LogP contribution in [0.2, 0.25) is 0 Å². The smallest absolute Gasteiger partial charge is 0.277 e. The van der Waals surface area contributed by atoms with Crippen LogP contribution in [0, 0.1) is 22.2 Å². The van der Waals surface area contributed by atoms with Gasteiger partial charge in [-0.2, -0.15) is 4.73 Å². The number of pyridine rings is 1. The van der Waals surface area contributed by atoms with Crippen molar-refractivity contribution in [3.05, 3.63) is 51.5 Å². The number of nitrogens with zero attached hydrogens (tertiary/aromatic N) is 2. The van der Waals surface area contributed by atoms with Gasteiger partial charge >= 0.3 is 0 Å². The summed E-state index contributed by atoms with van der Waals surface area (Å²) < 4.78 is 0.654. The largest absolute Gasteiger partial charge is 0.619 e. The maximum atomic E-state index is 11.1. The summed E-state index contributed by atoms with van der Waals surface area (Å²) in [6, 6.07) is 4.69. The molecule has 0 amide bonds. The highest BCUT2D eigenvalue weighted by Gasteiger charge is 2.15. The summed E-state index contributed by atoms with van der Waals surface area (Å²) in [6.45, 7) is 1.68. The Morgan fingerprint density at radius 3 is 2.73 bits per heavy atom. The maximum absolute atomic E-state index is 11.1. The zero-order valence-electron chi connectivity index (χ0n) is 8.01. The number of aryl methyl sites for hydroxylation is 1. The molecule has 0 aliphatic carbocycles. The van der Waals surface area contributed by atoms with Crippen LogP contribution in [-0.2, 0) is 0 Å². The van der Waals surface area contributed by atoms with E-state index < -0.39 is 4.92 Å². The first-order chi connectivity index (χ1) is 7.09. The molecule has 0 spiro atoms. The molecule has 0 N–H and O–H groups in total. The summed E-state index contributed by atoms with van der Waals surface area (Å²) in [4.78, 5) is 10.3. The van der Waals surface area contributed by atoms with E-state index in [0.29, 0.717) is 21.1 Å². The van der Waals surface area contributed by atoms with Gasteiger partial charge in [0.25, 0.3) is 5.69 Å². The Labute approximate surface area is 85.3 Å². The van der Waals surface area contributed by atoms with Crippen LogP contribution < -0.4 is 4.73 Å². The van der Waals surface area contributed by atoms with Crippen molar-refractivity contribution in [2.24, 2.45) is 0 Å². The monoisotopic (exact) mass is 204 g/mol. The topological polar surface area (TPSA) is 70.1 Å². The fourth-order valence-corrected chi connectivity index (χ4v) is 1.68. The molecular formula is C10H8N2O3. The molecule has 2 rings (SSSR count). The van der Waals surface area contributed by atoms with Gasteiger partial charge in [-0.15, -0.1) is 0 Å². The first kappa shape index (κ1) is 9.39. The maximum Gasteiger partial charge on any atom is 0.277 e. The van der Waals surface area contributed by atoms with Gasteiger partial charge in [0.1, 0.15) is 0 Å². The average molecular weight is 204 g/mol. The third-order valence-electron chi connectivity index (χ3n) is 2.25. The lowest BCUT2D eigenvalue weighted by atomic mass is 10.1. The van der Waals surface area contributed by atoms with E-state index in [-0.39, 0.29) is 5.69 Å². The highest BCUT2D eigenvalue weighted by atomic mass is 16.6. The van der Waals surface area contributed by atoms with Crippen molar-refractivity contribution >= 4 is 16.5 Å². The highest BCUT2D eigenvalue weighted by molar-refractivity contribution is 5.92. The van der Waals surface area contributed by atoms with E-state index in [0.717, 1.165) is 0 Å². The van der Waals surface area contributed by atoms with Crippen molar-refractivity contribution in [3.8, 4) is 0 Å². The van der Waals surface area contributed by atoms with E-state index in [9.17, 15) is 15.3 Å². The molecule has 0 bridgehead atoms. The Hall–Kier alpha value is -2.17. The lowest BCUT2D eigenvalue weighted by molar-refractivity contribution is -0.604. The van der Waals surface area contributed by atoms with Crippen molar-refractivity contribution in [2.75, 3.05) is 0 Å². The summed E-state index contributed by atoms with van der Waals surface area (Å²) in [7, 11) is 0. The molecule has 0 atom stereocenters. The molecule has 1 aromatic carbocycles. The quantitative estimate of drug-likeness (QED) is 0.307. The molecule has 1 heterocycles. The first-order valence-electron chi connectivity index (χ1n) is 4.36. The molecule has 2 aromatic rings. The van der Waals surface area contributed by atoms with Crippen molar-refractivity contribution < 1.29 is 9.65 Å². The summed E-state index contributed by atoms with van der Waals surface area (Å²) >= 11 is 0. The van der Waals surface area contributed by atoms with E-state index in [1.807, 2.05) is 0 Å². The molecule has 1 aromatic heterocycles. The number of rotatable bonds is 1. The predicted octanol–water partition coefficient (Wildman–Crippen LogP) is 1.69.